The summed E-state index contributed by atoms with van der Waals surface area (Å²) in [5, 5.41) is 6.38. The van der Waals surface area contributed by atoms with E-state index in [9.17, 15) is 9.18 Å². The van der Waals surface area contributed by atoms with Crippen LogP contribution in [0.5, 0.6) is 0 Å². The summed E-state index contributed by atoms with van der Waals surface area (Å²) in [7, 11) is 0. The van der Waals surface area contributed by atoms with Gasteiger partial charge in [-0.25, -0.2) is 4.39 Å². The maximum atomic E-state index is 13.0. The molecule has 1 atom stereocenters. The summed E-state index contributed by atoms with van der Waals surface area (Å²) in [4.78, 5) is 20.5. The lowest BCUT2D eigenvalue weighted by atomic mass is 9.99. The van der Waals surface area contributed by atoms with Gasteiger partial charge in [0.05, 0.1) is 12.5 Å². The highest BCUT2D eigenvalue weighted by Gasteiger charge is 2.16. The van der Waals surface area contributed by atoms with Crippen LogP contribution in [0.3, 0.4) is 0 Å². The minimum Gasteiger partial charge on any atom is -0.369 e. The molecule has 0 radical (unpaired) electrons. The fourth-order valence-corrected chi connectivity index (χ4v) is 2.56. The third-order valence-corrected chi connectivity index (χ3v) is 4.01. The van der Waals surface area contributed by atoms with Gasteiger partial charge in [0.2, 0.25) is 5.91 Å². The number of halogens is 1. The van der Waals surface area contributed by atoms with Crippen LogP contribution in [0.1, 0.15) is 18.2 Å². The Balaban J connectivity index is 1.92. The van der Waals surface area contributed by atoms with E-state index in [2.05, 4.69) is 20.6 Å². The molecule has 144 valence electrons. The van der Waals surface area contributed by atoms with E-state index in [4.69, 9.17) is 5.73 Å². The van der Waals surface area contributed by atoms with Crippen molar-refractivity contribution >= 4 is 11.9 Å². The molecule has 0 fully saturated rings. The molecule has 4 N–H and O–H groups in total. The number of rotatable bonds is 9. The molecule has 1 aromatic carbocycles. The number of nitrogens with zero attached hydrogens (tertiary/aromatic N) is 2. The SMILES string of the molecule is CCNC(=NCC(Cc1ccc(F)cc1)C(N)=O)NCCc1ccccn1. The van der Waals surface area contributed by atoms with Crippen LogP contribution < -0.4 is 16.4 Å². The Morgan fingerprint density at radius 1 is 1.22 bits per heavy atom. The summed E-state index contributed by atoms with van der Waals surface area (Å²) in [5.74, 6) is -0.563. The number of carbonyl (C=O) groups is 1. The quantitative estimate of drug-likeness (QED) is 0.462. The van der Waals surface area contributed by atoms with Crippen LogP contribution in [0.2, 0.25) is 0 Å². The van der Waals surface area contributed by atoms with Crippen molar-refractivity contribution < 1.29 is 9.18 Å². The maximum absolute atomic E-state index is 13.0. The first-order chi connectivity index (χ1) is 13.1. The molecule has 0 aliphatic carbocycles. The second-order valence-corrected chi connectivity index (χ2v) is 6.15. The number of hydrogen-bond donors (Lipinski definition) is 3. The highest BCUT2D eigenvalue weighted by Crippen LogP contribution is 2.10. The second-order valence-electron chi connectivity index (χ2n) is 6.15. The highest BCUT2D eigenvalue weighted by atomic mass is 19.1. The van der Waals surface area contributed by atoms with Crippen LogP contribution in [0, 0.1) is 11.7 Å². The largest absolute Gasteiger partial charge is 0.369 e. The molecule has 2 aromatic rings. The van der Waals surface area contributed by atoms with E-state index in [1.807, 2.05) is 25.1 Å². The van der Waals surface area contributed by atoms with Gasteiger partial charge in [0.15, 0.2) is 5.96 Å². The average molecular weight is 371 g/mol. The highest BCUT2D eigenvalue weighted by molar-refractivity contribution is 5.81. The third kappa shape index (κ3) is 7.43. The summed E-state index contributed by atoms with van der Waals surface area (Å²) in [6.45, 7) is 3.60. The zero-order chi connectivity index (χ0) is 19.5. The molecular formula is C20H26FN5O. The Hall–Kier alpha value is -2.96. The van der Waals surface area contributed by atoms with Gasteiger partial charge < -0.3 is 16.4 Å². The molecule has 27 heavy (non-hydrogen) atoms. The predicted molar refractivity (Wildman–Crippen MR) is 105 cm³/mol. The number of aromatic nitrogens is 1. The monoisotopic (exact) mass is 371 g/mol. The number of benzene rings is 1. The minimum absolute atomic E-state index is 0.256. The van der Waals surface area contributed by atoms with Crippen LogP contribution in [-0.4, -0.2) is 36.5 Å². The smallest absolute Gasteiger partial charge is 0.222 e. The molecule has 1 amide bonds. The Morgan fingerprint density at radius 2 is 2.00 bits per heavy atom. The number of amides is 1. The molecule has 2 rings (SSSR count). The van der Waals surface area contributed by atoms with Crippen LogP contribution in [-0.2, 0) is 17.6 Å². The van der Waals surface area contributed by atoms with Crippen molar-refractivity contribution in [2.24, 2.45) is 16.6 Å². The second kappa shape index (κ2) is 10.9. The average Bonchev–Trinajstić information content (AvgIpc) is 2.67. The molecule has 6 nitrogen and oxygen atoms in total. The number of hydrogen-bond acceptors (Lipinski definition) is 3. The molecule has 0 aliphatic rings. The van der Waals surface area contributed by atoms with Gasteiger partial charge in [-0.1, -0.05) is 18.2 Å². The first-order valence-electron chi connectivity index (χ1n) is 9.04. The lowest BCUT2D eigenvalue weighted by Gasteiger charge is -2.14. The molecule has 0 bridgehead atoms. The first-order valence-corrected chi connectivity index (χ1v) is 9.04. The molecule has 0 aliphatic heterocycles. The molecule has 7 heteroatoms. The summed E-state index contributed by atoms with van der Waals surface area (Å²) < 4.78 is 13.0. The van der Waals surface area contributed by atoms with Crippen LogP contribution in [0.15, 0.2) is 53.7 Å². The Morgan fingerprint density at radius 3 is 2.63 bits per heavy atom. The zero-order valence-corrected chi connectivity index (χ0v) is 15.5. The predicted octanol–water partition coefficient (Wildman–Crippen LogP) is 1.66. The van der Waals surface area contributed by atoms with Gasteiger partial charge in [-0.05, 0) is 43.2 Å². The van der Waals surface area contributed by atoms with Crippen molar-refractivity contribution in [3.8, 4) is 0 Å². The number of primary amides is 1. The van der Waals surface area contributed by atoms with Gasteiger partial charge in [-0.15, -0.1) is 0 Å². The number of nitrogens with two attached hydrogens (primary N) is 1. The van der Waals surface area contributed by atoms with Gasteiger partial charge in [-0.2, -0.15) is 0 Å². The number of nitrogens with one attached hydrogen (secondary N) is 2. The van der Waals surface area contributed by atoms with Gasteiger partial charge in [-0.3, -0.25) is 14.8 Å². The van der Waals surface area contributed by atoms with Crippen molar-refractivity contribution in [3.63, 3.8) is 0 Å². The molecular weight excluding hydrogens is 345 g/mol. The lowest BCUT2D eigenvalue weighted by molar-refractivity contribution is -0.121. The van der Waals surface area contributed by atoms with Gasteiger partial charge in [0.1, 0.15) is 5.82 Å². The summed E-state index contributed by atoms with van der Waals surface area (Å²) in [6, 6.07) is 11.9. The number of guanidine groups is 1. The third-order valence-electron chi connectivity index (χ3n) is 4.01. The Labute approximate surface area is 159 Å². The van der Waals surface area contributed by atoms with E-state index in [-0.39, 0.29) is 12.4 Å². The summed E-state index contributed by atoms with van der Waals surface area (Å²) in [5.41, 5.74) is 7.36. The maximum Gasteiger partial charge on any atom is 0.222 e. The van der Waals surface area contributed by atoms with E-state index >= 15 is 0 Å². The van der Waals surface area contributed by atoms with E-state index in [1.54, 1.807) is 18.3 Å². The lowest BCUT2D eigenvalue weighted by Crippen LogP contribution is -2.39. The van der Waals surface area contributed by atoms with Crippen molar-refractivity contribution in [2.45, 2.75) is 19.8 Å². The van der Waals surface area contributed by atoms with Crippen LogP contribution in [0.25, 0.3) is 0 Å². The summed E-state index contributed by atoms with van der Waals surface area (Å²) in [6.07, 6.45) is 2.95. The van der Waals surface area contributed by atoms with Gasteiger partial charge in [0, 0.05) is 31.4 Å². The molecule has 1 aromatic heterocycles. The summed E-state index contributed by atoms with van der Waals surface area (Å²) >= 11 is 0. The fraction of sp³-hybridized carbons (Fsp3) is 0.350. The van der Waals surface area contributed by atoms with Gasteiger partial charge in [0.25, 0.3) is 0 Å². The van der Waals surface area contributed by atoms with Gasteiger partial charge >= 0.3 is 0 Å². The van der Waals surface area contributed by atoms with Crippen molar-refractivity contribution in [2.75, 3.05) is 19.6 Å². The standard InChI is InChI=1S/C20H26FN5O/c1-2-23-20(25-12-10-18-5-3-4-11-24-18)26-14-16(19(22)27)13-15-6-8-17(21)9-7-15/h3-9,11,16H,2,10,12-14H2,1H3,(H2,22,27)(H2,23,25,26). The fourth-order valence-electron chi connectivity index (χ4n) is 2.56. The van der Waals surface area contributed by atoms with E-state index < -0.39 is 11.8 Å². The number of pyridine rings is 1. The van der Waals surface area contributed by atoms with Crippen molar-refractivity contribution in [1.82, 2.24) is 15.6 Å². The van der Waals surface area contributed by atoms with E-state index in [0.29, 0.717) is 25.5 Å². The van der Waals surface area contributed by atoms with Crippen molar-refractivity contribution in [1.29, 1.82) is 0 Å². The van der Waals surface area contributed by atoms with Crippen molar-refractivity contribution in [3.05, 3.63) is 65.7 Å². The molecule has 0 spiro atoms. The Kier molecular flexibility index (Phi) is 8.22. The molecule has 1 heterocycles. The molecule has 1 unspecified atom stereocenters. The number of aliphatic imine (C=N–C) groups is 1. The normalized spacial score (nSPS) is 12.4. The van der Waals surface area contributed by atoms with Crippen LogP contribution >= 0.6 is 0 Å². The molecule has 0 saturated heterocycles. The topological polar surface area (TPSA) is 92.4 Å². The minimum atomic E-state index is -0.457. The first kappa shape index (κ1) is 20.4. The zero-order valence-electron chi connectivity index (χ0n) is 15.5. The van der Waals surface area contributed by atoms with E-state index in [0.717, 1.165) is 17.7 Å². The number of carbonyl (C=O) groups excluding carboxylic acids is 1. The Bertz CT molecular complexity index is 734. The van der Waals surface area contributed by atoms with Crippen LogP contribution in [0.4, 0.5) is 4.39 Å². The molecule has 0 saturated carbocycles. The van der Waals surface area contributed by atoms with E-state index in [1.165, 1.54) is 12.1 Å².